The van der Waals surface area contributed by atoms with E-state index in [1.165, 1.54) is 11.6 Å². The van der Waals surface area contributed by atoms with Crippen molar-refractivity contribution >= 4 is 34.8 Å². The number of amides is 1. The van der Waals surface area contributed by atoms with Crippen molar-refractivity contribution in [1.29, 1.82) is 5.26 Å². The van der Waals surface area contributed by atoms with Crippen LogP contribution < -0.4 is 15.5 Å². The molecule has 1 amide bonds. The molecule has 3 aromatic carbocycles. The number of nitrogens with zero attached hydrogens (tertiary/aromatic N) is 3. The summed E-state index contributed by atoms with van der Waals surface area (Å²) in [5, 5.41) is 23.5. The van der Waals surface area contributed by atoms with Crippen molar-refractivity contribution in [3.8, 4) is 6.19 Å². The molecule has 0 radical (unpaired) electrons. The van der Waals surface area contributed by atoms with Crippen LogP contribution >= 0.6 is 0 Å². The summed E-state index contributed by atoms with van der Waals surface area (Å²) in [6.45, 7) is 1.70. The standard InChI is InChI=1S/C33H32F3N5O3/c1-22-17-27(33(34,35)36)19-28(18-22)40-32(39-21-37)41(29-13-11-25(12-14-29)24-5-3-2-4-6-24)20-23-7-9-26(10-8-23)31(44)38-16-15-30(42)43/h5,7-14,17-19H,2-4,6,15-16,20H2,1H3,(H,38,44)(H,39,40)(H,42,43). The molecule has 0 bridgehead atoms. The third-order valence-electron chi connectivity index (χ3n) is 7.07. The minimum atomic E-state index is -4.57. The van der Waals surface area contributed by atoms with Gasteiger partial charge in [0.05, 0.1) is 24.2 Å². The number of carboxylic acid groups (broad SMARTS) is 1. The molecule has 4 rings (SSSR count). The summed E-state index contributed by atoms with van der Waals surface area (Å²) in [5.41, 5.74) is 3.58. The lowest BCUT2D eigenvalue weighted by molar-refractivity contribution is -0.138. The van der Waals surface area contributed by atoms with Gasteiger partial charge in [0, 0.05) is 17.8 Å². The number of carbonyl (C=O) groups excluding carboxylic acids is 1. The number of nitriles is 1. The van der Waals surface area contributed by atoms with E-state index in [0.717, 1.165) is 48.9 Å². The van der Waals surface area contributed by atoms with E-state index >= 15 is 0 Å². The predicted octanol–water partition coefficient (Wildman–Crippen LogP) is 6.94. The number of guanidine groups is 1. The van der Waals surface area contributed by atoms with Crippen LogP contribution in [-0.2, 0) is 17.5 Å². The molecule has 0 aliphatic heterocycles. The van der Waals surface area contributed by atoms with Gasteiger partial charge in [0.25, 0.3) is 5.91 Å². The van der Waals surface area contributed by atoms with Crippen molar-refractivity contribution in [2.24, 2.45) is 4.99 Å². The van der Waals surface area contributed by atoms with Gasteiger partial charge in [-0.3, -0.25) is 14.9 Å². The number of aliphatic carboxylic acids is 1. The number of halogens is 3. The Morgan fingerprint density at radius 2 is 1.77 bits per heavy atom. The average Bonchev–Trinajstić information content (AvgIpc) is 2.99. The number of carbonyl (C=O) groups is 2. The van der Waals surface area contributed by atoms with E-state index in [-0.39, 0.29) is 31.2 Å². The van der Waals surface area contributed by atoms with Crippen LogP contribution in [-0.4, -0.2) is 29.5 Å². The molecule has 3 N–H and O–H groups in total. The SMILES string of the molecule is Cc1cc(N=C(NC#N)N(Cc2ccc(C(=O)NCCC(=O)O)cc2)c2ccc(C3=CCCCC3)cc2)cc(C(F)(F)F)c1. The summed E-state index contributed by atoms with van der Waals surface area (Å²) in [4.78, 5) is 29.3. The Balaban J connectivity index is 1.69. The van der Waals surface area contributed by atoms with Gasteiger partial charge in [-0.2, -0.15) is 18.4 Å². The summed E-state index contributed by atoms with van der Waals surface area (Å²) in [6.07, 6.45) is 3.60. The summed E-state index contributed by atoms with van der Waals surface area (Å²) in [6, 6.07) is 17.8. The number of alkyl halides is 3. The minimum absolute atomic E-state index is 0.00867. The minimum Gasteiger partial charge on any atom is -0.481 e. The molecule has 228 valence electrons. The predicted molar refractivity (Wildman–Crippen MR) is 162 cm³/mol. The number of benzene rings is 3. The van der Waals surface area contributed by atoms with Crippen molar-refractivity contribution < 1.29 is 27.9 Å². The van der Waals surface area contributed by atoms with E-state index < -0.39 is 23.6 Å². The number of hydrogen-bond acceptors (Lipinski definition) is 4. The van der Waals surface area contributed by atoms with Crippen molar-refractivity contribution in [2.45, 2.75) is 51.7 Å². The molecule has 0 unspecified atom stereocenters. The first-order valence-electron chi connectivity index (χ1n) is 14.1. The summed E-state index contributed by atoms with van der Waals surface area (Å²) < 4.78 is 40.6. The fourth-order valence-electron chi connectivity index (χ4n) is 4.89. The quantitative estimate of drug-likeness (QED) is 0.106. The smallest absolute Gasteiger partial charge is 0.416 e. The van der Waals surface area contributed by atoms with Crippen LogP contribution in [0.3, 0.4) is 0 Å². The van der Waals surface area contributed by atoms with Crippen LogP contribution in [0.25, 0.3) is 5.57 Å². The Kier molecular flexibility index (Phi) is 10.4. The van der Waals surface area contributed by atoms with Gasteiger partial charge in [-0.05, 0) is 97.3 Å². The second-order valence-corrected chi connectivity index (χ2v) is 10.4. The number of aryl methyl sites for hydroxylation is 1. The van der Waals surface area contributed by atoms with Crippen LogP contribution in [0.15, 0.2) is 77.8 Å². The lowest BCUT2D eigenvalue weighted by Crippen LogP contribution is -2.39. The molecular weight excluding hydrogens is 571 g/mol. The van der Waals surface area contributed by atoms with Crippen LogP contribution in [0.5, 0.6) is 0 Å². The fourth-order valence-corrected chi connectivity index (χ4v) is 4.89. The highest BCUT2D eigenvalue weighted by Gasteiger charge is 2.31. The molecule has 8 nitrogen and oxygen atoms in total. The van der Waals surface area contributed by atoms with E-state index in [0.29, 0.717) is 16.8 Å². The van der Waals surface area contributed by atoms with E-state index in [1.807, 2.05) is 30.5 Å². The van der Waals surface area contributed by atoms with Crippen LogP contribution in [0.4, 0.5) is 24.5 Å². The zero-order chi connectivity index (χ0) is 31.7. The molecule has 0 fully saturated rings. The number of hydrogen-bond donors (Lipinski definition) is 3. The molecule has 0 saturated heterocycles. The number of nitrogens with one attached hydrogen (secondary N) is 2. The summed E-state index contributed by atoms with van der Waals surface area (Å²) >= 11 is 0. The number of allylic oxidation sites excluding steroid dienone is 2. The second kappa shape index (κ2) is 14.4. The number of rotatable bonds is 9. The van der Waals surface area contributed by atoms with Crippen molar-refractivity contribution in [2.75, 3.05) is 11.4 Å². The maximum atomic E-state index is 13.5. The normalized spacial score (nSPS) is 13.4. The monoisotopic (exact) mass is 603 g/mol. The molecule has 0 atom stereocenters. The van der Waals surface area contributed by atoms with Gasteiger partial charge in [-0.25, -0.2) is 4.99 Å². The summed E-state index contributed by atoms with van der Waals surface area (Å²) in [5.74, 6) is -1.42. The molecule has 1 aliphatic carbocycles. The van der Waals surface area contributed by atoms with Crippen molar-refractivity contribution in [3.05, 3.63) is 101 Å². The first-order valence-corrected chi connectivity index (χ1v) is 14.1. The van der Waals surface area contributed by atoms with Gasteiger partial charge in [0.2, 0.25) is 5.96 Å². The van der Waals surface area contributed by atoms with Gasteiger partial charge in [-0.15, -0.1) is 0 Å². The van der Waals surface area contributed by atoms with Gasteiger partial charge in [-0.1, -0.05) is 30.3 Å². The second-order valence-electron chi connectivity index (χ2n) is 10.4. The molecule has 44 heavy (non-hydrogen) atoms. The topological polar surface area (TPSA) is 118 Å². The van der Waals surface area contributed by atoms with Crippen LogP contribution in [0, 0.1) is 18.4 Å². The highest BCUT2D eigenvalue weighted by atomic mass is 19.4. The molecule has 0 saturated carbocycles. The number of anilines is 1. The van der Waals surface area contributed by atoms with Crippen LogP contribution in [0.2, 0.25) is 0 Å². The molecule has 0 spiro atoms. The third kappa shape index (κ3) is 8.70. The Morgan fingerprint density at radius 3 is 2.39 bits per heavy atom. The van der Waals surface area contributed by atoms with Gasteiger partial charge >= 0.3 is 12.1 Å². The Morgan fingerprint density at radius 1 is 1.05 bits per heavy atom. The molecule has 3 aromatic rings. The molecular formula is C33H32F3N5O3. The number of carboxylic acids is 1. The third-order valence-corrected chi connectivity index (χ3v) is 7.07. The van der Waals surface area contributed by atoms with E-state index in [2.05, 4.69) is 21.7 Å². The number of aliphatic imine (C=N–C) groups is 1. The Bertz CT molecular complexity index is 1590. The van der Waals surface area contributed by atoms with Gasteiger partial charge in [0.1, 0.15) is 0 Å². The lowest BCUT2D eigenvalue weighted by atomic mass is 9.93. The average molecular weight is 604 g/mol. The Labute approximate surface area is 253 Å². The van der Waals surface area contributed by atoms with E-state index in [4.69, 9.17) is 5.11 Å². The van der Waals surface area contributed by atoms with Gasteiger partial charge in [0.15, 0.2) is 6.19 Å². The zero-order valence-electron chi connectivity index (χ0n) is 24.1. The highest BCUT2D eigenvalue weighted by molar-refractivity contribution is 5.99. The van der Waals surface area contributed by atoms with Crippen molar-refractivity contribution in [1.82, 2.24) is 10.6 Å². The highest BCUT2D eigenvalue weighted by Crippen LogP contribution is 2.33. The van der Waals surface area contributed by atoms with E-state index in [9.17, 15) is 28.0 Å². The molecule has 0 heterocycles. The lowest BCUT2D eigenvalue weighted by Gasteiger charge is -2.26. The first kappa shape index (κ1) is 31.8. The fraction of sp³-hybridized carbons (Fsp3) is 0.273. The van der Waals surface area contributed by atoms with E-state index in [1.54, 1.807) is 36.1 Å². The zero-order valence-corrected chi connectivity index (χ0v) is 24.1. The largest absolute Gasteiger partial charge is 0.481 e. The van der Waals surface area contributed by atoms with Gasteiger partial charge < -0.3 is 15.3 Å². The van der Waals surface area contributed by atoms with Crippen molar-refractivity contribution in [3.63, 3.8) is 0 Å². The Hall–Kier alpha value is -5.11. The summed E-state index contributed by atoms with van der Waals surface area (Å²) in [7, 11) is 0. The maximum Gasteiger partial charge on any atom is 0.416 e. The first-order chi connectivity index (χ1) is 21.0. The maximum absolute atomic E-state index is 13.5. The molecule has 1 aliphatic rings. The molecule has 11 heteroatoms. The van der Waals surface area contributed by atoms with Crippen LogP contribution in [0.1, 0.15) is 64.7 Å². The molecule has 0 aromatic heterocycles.